The molecule has 2 aliphatic rings. The van der Waals surface area contributed by atoms with Gasteiger partial charge in [0, 0.05) is 19.0 Å². The Hall–Kier alpha value is -1.93. The molecule has 1 aliphatic carbocycles. The van der Waals surface area contributed by atoms with Crippen molar-refractivity contribution in [1.82, 2.24) is 9.62 Å². The van der Waals surface area contributed by atoms with E-state index >= 15 is 0 Å². The summed E-state index contributed by atoms with van der Waals surface area (Å²) in [6.07, 6.45) is 4.27. The molecular formula is C20H28N2O5S. The SMILES string of the molecule is Cc1ccc(S(=O)(=O)N2CCC(C(=O)NC3(C(=O)O)CCCCC3)CC2)cc1. The molecule has 1 saturated heterocycles. The molecule has 1 heterocycles. The number of hydrogen-bond acceptors (Lipinski definition) is 4. The van der Waals surface area contributed by atoms with Crippen molar-refractivity contribution in [2.45, 2.75) is 62.3 Å². The quantitative estimate of drug-likeness (QED) is 0.778. The fourth-order valence-corrected chi connectivity index (χ4v) is 5.57. The van der Waals surface area contributed by atoms with Crippen LogP contribution in [0.25, 0.3) is 0 Å². The number of carbonyl (C=O) groups excluding carboxylic acids is 1. The van der Waals surface area contributed by atoms with Gasteiger partial charge in [0.15, 0.2) is 0 Å². The van der Waals surface area contributed by atoms with Crippen LogP contribution in [0.15, 0.2) is 29.2 Å². The molecule has 0 bridgehead atoms. The van der Waals surface area contributed by atoms with Crippen LogP contribution in [0.5, 0.6) is 0 Å². The van der Waals surface area contributed by atoms with E-state index in [9.17, 15) is 23.1 Å². The van der Waals surface area contributed by atoms with E-state index in [4.69, 9.17) is 0 Å². The molecule has 154 valence electrons. The maximum Gasteiger partial charge on any atom is 0.329 e. The first-order chi connectivity index (χ1) is 13.2. The zero-order chi connectivity index (χ0) is 20.4. The van der Waals surface area contributed by atoms with E-state index in [0.29, 0.717) is 25.7 Å². The average molecular weight is 409 g/mol. The third-order valence-corrected chi connectivity index (χ3v) is 7.88. The number of nitrogens with one attached hydrogen (secondary N) is 1. The number of hydrogen-bond donors (Lipinski definition) is 2. The van der Waals surface area contributed by atoms with Crippen molar-refractivity contribution < 1.29 is 23.1 Å². The second kappa shape index (κ2) is 8.21. The molecule has 1 aromatic rings. The van der Waals surface area contributed by atoms with Gasteiger partial charge in [0.1, 0.15) is 5.54 Å². The van der Waals surface area contributed by atoms with E-state index in [1.165, 1.54) is 4.31 Å². The Kier molecular flexibility index (Phi) is 6.09. The molecule has 1 aromatic carbocycles. The molecule has 8 heteroatoms. The van der Waals surface area contributed by atoms with Crippen molar-refractivity contribution in [3.63, 3.8) is 0 Å². The Labute approximate surface area is 166 Å². The van der Waals surface area contributed by atoms with Gasteiger partial charge in [-0.15, -0.1) is 0 Å². The number of sulfonamides is 1. The van der Waals surface area contributed by atoms with Crippen molar-refractivity contribution in [2.24, 2.45) is 5.92 Å². The molecule has 0 aromatic heterocycles. The summed E-state index contributed by atoms with van der Waals surface area (Å²) in [5.41, 5.74) is -0.176. The molecule has 0 radical (unpaired) electrons. The van der Waals surface area contributed by atoms with Crippen molar-refractivity contribution in [3.8, 4) is 0 Å². The highest BCUT2D eigenvalue weighted by Gasteiger charge is 2.42. The van der Waals surface area contributed by atoms with E-state index < -0.39 is 21.5 Å². The Morgan fingerprint density at radius 3 is 2.18 bits per heavy atom. The summed E-state index contributed by atoms with van der Waals surface area (Å²) in [5, 5.41) is 12.4. The minimum absolute atomic E-state index is 0.257. The summed E-state index contributed by atoms with van der Waals surface area (Å²) < 4.78 is 27.0. The standard InChI is InChI=1S/C20H28N2O5S/c1-15-5-7-17(8-6-15)28(26,27)22-13-9-16(10-14-22)18(23)21-20(19(24)25)11-3-2-4-12-20/h5-8,16H,2-4,9-14H2,1H3,(H,21,23)(H,24,25). The van der Waals surface area contributed by atoms with Crippen LogP contribution in [0.1, 0.15) is 50.5 Å². The zero-order valence-corrected chi connectivity index (χ0v) is 17.0. The smallest absolute Gasteiger partial charge is 0.329 e. The summed E-state index contributed by atoms with van der Waals surface area (Å²) in [6.45, 7) is 2.42. The molecule has 0 atom stereocenters. The predicted molar refractivity (Wildman–Crippen MR) is 104 cm³/mol. The normalized spacial score (nSPS) is 21.2. The summed E-state index contributed by atoms with van der Waals surface area (Å²) >= 11 is 0. The second-order valence-electron chi connectivity index (χ2n) is 7.93. The molecule has 7 nitrogen and oxygen atoms in total. The van der Waals surface area contributed by atoms with E-state index in [-0.39, 0.29) is 29.8 Å². The first kappa shape index (κ1) is 20.8. The summed E-state index contributed by atoms with van der Waals surface area (Å²) in [4.78, 5) is 24.7. The number of benzene rings is 1. The lowest BCUT2D eigenvalue weighted by molar-refractivity contribution is -0.150. The molecule has 3 rings (SSSR count). The van der Waals surface area contributed by atoms with E-state index in [1.54, 1.807) is 24.3 Å². The number of carbonyl (C=O) groups is 2. The number of aryl methyl sites for hydroxylation is 1. The fraction of sp³-hybridized carbons (Fsp3) is 0.600. The molecule has 0 spiro atoms. The summed E-state index contributed by atoms with van der Waals surface area (Å²) in [5.74, 6) is -1.60. The number of piperidine rings is 1. The first-order valence-corrected chi connectivity index (χ1v) is 11.3. The highest BCUT2D eigenvalue weighted by Crippen LogP contribution is 2.30. The van der Waals surface area contributed by atoms with Crippen LogP contribution in [0.4, 0.5) is 0 Å². The number of carboxylic acid groups (broad SMARTS) is 1. The molecule has 0 unspecified atom stereocenters. The van der Waals surface area contributed by atoms with E-state index in [2.05, 4.69) is 5.32 Å². The van der Waals surface area contributed by atoms with Gasteiger partial charge < -0.3 is 10.4 Å². The molecule has 2 fully saturated rings. The van der Waals surface area contributed by atoms with Gasteiger partial charge in [-0.05, 0) is 44.7 Å². The Bertz CT molecular complexity index is 821. The van der Waals surface area contributed by atoms with E-state index in [1.807, 2.05) is 6.92 Å². The first-order valence-electron chi connectivity index (χ1n) is 9.87. The zero-order valence-electron chi connectivity index (χ0n) is 16.2. The number of nitrogens with zero attached hydrogens (tertiary/aromatic N) is 1. The average Bonchev–Trinajstić information content (AvgIpc) is 2.69. The monoisotopic (exact) mass is 408 g/mol. The summed E-state index contributed by atoms with van der Waals surface area (Å²) in [7, 11) is -3.57. The number of carboxylic acids is 1. The van der Waals surface area contributed by atoms with Crippen molar-refractivity contribution in [2.75, 3.05) is 13.1 Å². The highest BCUT2D eigenvalue weighted by molar-refractivity contribution is 7.89. The van der Waals surface area contributed by atoms with Gasteiger partial charge in [0.2, 0.25) is 15.9 Å². The Balaban J connectivity index is 1.62. The Morgan fingerprint density at radius 2 is 1.64 bits per heavy atom. The van der Waals surface area contributed by atoms with Gasteiger partial charge in [-0.3, -0.25) is 4.79 Å². The fourth-order valence-electron chi connectivity index (χ4n) is 4.10. The molecule has 1 amide bonds. The third-order valence-electron chi connectivity index (χ3n) is 5.96. The molecule has 2 N–H and O–H groups in total. The van der Waals surface area contributed by atoms with Crippen LogP contribution in [0.3, 0.4) is 0 Å². The van der Waals surface area contributed by atoms with Gasteiger partial charge in [-0.25, -0.2) is 13.2 Å². The number of amides is 1. The van der Waals surface area contributed by atoms with Crippen LogP contribution >= 0.6 is 0 Å². The molecular weight excluding hydrogens is 380 g/mol. The minimum Gasteiger partial charge on any atom is -0.480 e. The van der Waals surface area contributed by atoms with Gasteiger partial charge >= 0.3 is 5.97 Å². The van der Waals surface area contributed by atoms with Gasteiger partial charge in [-0.1, -0.05) is 37.0 Å². The van der Waals surface area contributed by atoms with Crippen molar-refractivity contribution in [1.29, 1.82) is 0 Å². The van der Waals surface area contributed by atoms with Crippen LogP contribution in [0, 0.1) is 12.8 Å². The van der Waals surface area contributed by atoms with Gasteiger partial charge in [-0.2, -0.15) is 4.31 Å². The number of aliphatic carboxylic acids is 1. The third kappa shape index (κ3) is 4.22. The topological polar surface area (TPSA) is 104 Å². The molecule has 1 saturated carbocycles. The minimum atomic E-state index is -3.57. The maximum atomic E-state index is 12.8. The van der Waals surface area contributed by atoms with Crippen LogP contribution in [0.2, 0.25) is 0 Å². The van der Waals surface area contributed by atoms with Crippen LogP contribution in [-0.2, 0) is 19.6 Å². The molecule has 1 aliphatic heterocycles. The predicted octanol–water partition coefficient (Wildman–Crippen LogP) is 2.30. The van der Waals surface area contributed by atoms with Crippen LogP contribution in [-0.4, -0.2) is 48.3 Å². The maximum absolute atomic E-state index is 12.8. The van der Waals surface area contributed by atoms with Crippen molar-refractivity contribution >= 4 is 21.9 Å². The highest BCUT2D eigenvalue weighted by atomic mass is 32.2. The van der Waals surface area contributed by atoms with E-state index in [0.717, 1.165) is 24.8 Å². The largest absolute Gasteiger partial charge is 0.480 e. The van der Waals surface area contributed by atoms with Gasteiger partial charge in [0.05, 0.1) is 4.90 Å². The van der Waals surface area contributed by atoms with Crippen LogP contribution < -0.4 is 5.32 Å². The van der Waals surface area contributed by atoms with Gasteiger partial charge in [0.25, 0.3) is 0 Å². The Morgan fingerprint density at radius 1 is 1.07 bits per heavy atom. The lowest BCUT2D eigenvalue weighted by Crippen LogP contribution is -2.57. The lowest BCUT2D eigenvalue weighted by atomic mass is 9.81. The molecule has 28 heavy (non-hydrogen) atoms. The number of rotatable bonds is 5. The lowest BCUT2D eigenvalue weighted by Gasteiger charge is -2.37. The van der Waals surface area contributed by atoms with Crippen molar-refractivity contribution in [3.05, 3.63) is 29.8 Å². The second-order valence-corrected chi connectivity index (χ2v) is 9.87. The summed E-state index contributed by atoms with van der Waals surface area (Å²) in [6, 6.07) is 6.73.